The Balaban J connectivity index is 2.48. The van der Waals surface area contributed by atoms with E-state index in [9.17, 15) is 4.39 Å². The third-order valence-electron chi connectivity index (χ3n) is 1.64. The predicted octanol–water partition coefficient (Wildman–Crippen LogP) is 3.30. The Labute approximate surface area is 94.3 Å². The fourth-order valence-electron chi connectivity index (χ4n) is 0.986. The van der Waals surface area contributed by atoms with Crippen molar-refractivity contribution < 1.29 is 9.23 Å². The molecule has 1 rings (SSSR count). The summed E-state index contributed by atoms with van der Waals surface area (Å²) in [6, 6.07) is 4.68. The van der Waals surface area contributed by atoms with E-state index in [-0.39, 0.29) is 10.6 Å². The summed E-state index contributed by atoms with van der Waals surface area (Å²) in [4.78, 5) is 5.30. The monoisotopic (exact) mass is 231 g/mol. The summed E-state index contributed by atoms with van der Waals surface area (Å²) in [6.45, 7) is 6.25. The van der Waals surface area contributed by atoms with Gasteiger partial charge < -0.3 is 0 Å². The van der Waals surface area contributed by atoms with Crippen LogP contribution in [0.25, 0.3) is 0 Å². The zero-order valence-corrected chi connectivity index (χ0v) is 9.86. The van der Waals surface area contributed by atoms with Crippen molar-refractivity contribution in [3.63, 3.8) is 0 Å². The number of hydrogen-bond acceptors (Lipinski definition) is 2. The molecule has 0 atom stereocenters. The van der Waals surface area contributed by atoms with Gasteiger partial charge >= 0.3 is 0 Å². The Kier molecular flexibility index (Phi) is 4.08. The molecule has 4 heteroatoms. The van der Waals surface area contributed by atoms with Gasteiger partial charge in [-0.25, -0.2) is 4.39 Å². The van der Waals surface area contributed by atoms with Crippen LogP contribution in [0.4, 0.5) is 4.39 Å². The first-order valence-corrected chi connectivity index (χ1v) is 5.11. The average molecular weight is 232 g/mol. The zero-order chi connectivity index (χ0) is 11.5. The third kappa shape index (κ3) is 4.60. The summed E-state index contributed by atoms with van der Waals surface area (Å²) in [5.74, 6) is -0.410. The topological polar surface area (TPSA) is 21.3 Å². The van der Waals surface area contributed by atoms with Gasteiger partial charge in [0.1, 0.15) is 5.82 Å². The van der Waals surface area contributed by atoms with Gasteiger partial charge in [0, 0.05) is 6.54 Å². The molecule has 0 aliphatic rings. The lowest BCUT2D eigenvalue weighted by atomic mass is 10.2. The van der Waals surface area contributed by atoms with Crippen molar-refractivity contribution in [2.45, 2.75) is 32.9 Å². The standard InChI is InChI=1S/C11H15ClFNO/c1-11(2,3)15-14-7-8-4-5-9(12)10(13)6-8/h4-6,14H,7H2,1-3H3. The number of rotatable bonds is 3. The fraction of sp³-hybridized carbons (Fsp3) is 0.455. The lowest BCUT2D eigenvalue weighted by Crippen LogP contribution is -2.28. The lowest BCUT2D eigenvalue weighted by molar-refractivity contribution is -0.0757. The van der Waals surface area contributed by atoms with E-state index < -0.39 is 5.82 Å². The fourth-order valence-corrected chi connectivity index (χ4v) is 1.10. The quantitative estimate of drug-likeness (QED) is 0.806. The lowest BCUT2D eigenvalue weighted by Gasteiger charge is -2.19. The van der Waals surface area contributed by atoms with Crippen LogP contribution in [0.15, 0.2) is 18.2 Å². The van der Waals surface area contributed by atoms with Crippen LogP contribution in [0.5, 0.6) is 0 Å². The predicted molar refractivity (Wildman–Crippen MR) is 59.1 cm³/mol. The van der Waals surface area contributed by atoms with Crippen molar-refractivity contribution in [3.05, 3.63) is 34.6 Å². The van der Waals surface area contributed by atoms with Crippen LogP contribution in [0.3, 0.4) is 0 Å². The number of benzene rings is 1. The van der Waals surface area contributed by atoms with Crippen LogP contribution in [-0.4, -0.2) is 5.60 Å². The number of hydrogen-bond donors (Lipinski definition) is 1. The number of hydroxylamine groups is 1. The minimum Gasteiger partial charge on any atom is -0.296 e. The molecule has 0 aliphatic heterocycles. The van der Waals surface area contributed by atoms with Crippen LogP contribution < -0.4 is 5.48 Å². The van der Waals surface area contributed by atoms with E-state index in [1.165, 1.54) is 12.1 Å². The second-order valence-electron chi connectivity index (χ2n) is 4.28. The highest BCUT2D eigenvalue weighted by Crippen LogP contribution is 2.15. The molecule has 1 N–H and O–H groups in total. The van der Waals surface area contributed by atoms with Gasteiger partial charge in [0.25, 0.3) is 0 Å². The van der Waals surface area contributed by atoms with E-state index in [0.29, 0.717) is 6.54 Å². The summed E-state index contributed by atoms with van der Waals surface area (Å²) >= 11 is 5.56. The second kappa shape index (κ2) is 4.92. The molecule has 2 nitrogen and oxygen atoms in total. The first-order valence-electron chi connectivity index (χ1n) is 4.73. The maximum absolute atomic E-state index is 13.0. The number of nitrogens with one attached hydrogen (secondary N) is 1. The van der Waals surface area contributed by atoms with Gasteiger partial charge in [0.05, 0.1) is 10.6 Å². The summed E-state index contributed by atoms with van der Waals surface area (Å²) in [5.41, 5.74) is 3.31. The van der Waals surface area contributed by atoms with Crippen molar-refractivity contribution in [2.75, 3.05) is 0 Å². The van der Waals surface area contributed by atoms with Crippen molar-refractivity contribution in [3.8, 4) is 0 Å². The molecule has 0 saturated heterocycles. The van der Waals surface area contributed by atoms with E-state index in [0.717, 1.165) is 5.56 Å². The molecule has 84 valence electrons. The molecule has 15 heavy (non-hydrogen) atoms. The van der Waals surface area contributed by atoms with Gasteiger partial charge in [-0.1, -0.05) is 17.7 Å². The van der Waals surface area contributed by atoms with Crippen LogP contribution in [0.2, 0.25) is 5.02 Å². The first-order chi connectivity index (χ1) is 6.88. The molecular formula is C11H15ClFNO. The minimum absolute atomic E-state index is 0.135. The molecule has 0 heterocycles. The van der Waals surface area contributed by atoms with Crippen LogP contribution >= 0.6 is 11.6 Å². The maximum atomic E-state index is 13.0. The van der Waals surface area contributed by atoms with E-state index in [1.54, 1.807) is 6.07 Å². The van der Waals surface area contributed by atoms with Crippen LogP contribution in [0.1, 0.15) is 26.3 Å². The SMILES string of the molecule is CC(C)(C)ONCc1ccc(Cl)c(F)c1. The van der Waals surface area contributed by atoms with Crippen molar-refractivity contribution in [1.82, 2.24) is 5.48 Å². The molecule has 0 aromatic heterocycles. The van der Waals surface area contributed by atoms with E-state index >= 15 is 0 Å². The molecule has 0 unspecified atom stereocenters. The summed E-state index contributed by atoms with van der Waals surface area (Å²) in [5, 5.41) is 0.135. The van der Waals surface area contributed by atoms with Crippen molar-refractivity contribution in [1.29, 1.82) is 0 Å². The molecule has 0 aliphatic carbocycles. The zero-order valence-electron chi connectivity index (χ0n) is 9.10. The van der Waals surface area contributed by atoms with Crippen molar-refractivity contribution in [2.24, 2.45) is 0 Å². The van der Waals surface area contributed by atoms with Gasteiger partial charge in [0.2, 0.25) is 0 Å². The molecule has 0 radical (unpaired) electrons. The largest absolute Gasteiger partial charge is 0.296 e. The normalized spacial score (nSPS) is 11.8. The van der Waals surface area contributed by atoms with Crippen LogP contribution in [0, 0.1) is 5.82 Å². The summed E-state index contributed by atoms with van der Waals surface area (Å²) in [6.07, 6.45) is 0. The Hall–Kier alpha value is -0.640. The van der Waals surface area contributed by atoms with Gasteiger partial charge in [-0.15, -0.1) is 0 Å². The summed E-state index contributed by atoms with van der Waals surface area (Å²) in [7, 11) is 0. The molecule has 0 saturated carbocycles. The smallest absolute Gasteiger partial charge is 0.142 e. The van der Waals surface area contributed by atoms with E-state index in [1.807, 2.05) is 20.8 Å². The molecule has 0 fully saturated rings. The molecular weight excluding hydrogens is 217 g/mol. The van der Waals surface area contributed by atoms with Gasteiger partial charge in [-0.2, -0.15) is 5.48 Å². The highest BCUT2D eigenvalue weighted by molar-refractivity contribution is 6.30. The Bertz CT molecular complexity index is 336. The molecule has 1 aromatic rings. The Morgan fingerprint density at radius 2 is 2.07 bits per heavy atom. The number of halogens is 2. The first kappa shape index (κ1) is 12.4. The van der Waals surface area contributed by atoms with Crippen LogP contribution in [-0.2, 0) is 11.4 Å². The Morgan fingerprint density at radius 3 is 2.60 bits per heavy atom. The molecule has 0 bridgehead atoms. The summed E-state index contributed by atoms with van der Waals surface area (Å²) < 4.78 is 13.0. The highest BCUT2D eigenvalue weighted by atomic mass is 35.5. The van der Waals surface area contributed by atoms with E-state index in [4.69, 9.17) is 16.4 Å². The minimum atomic E-state index is -0.410. The molecule has 0 spiro atoms. The maximum Gasteiger partial charge on any atom is 0.142 e. The molecule has 1 aromatic carbocycles. The van der Waals surface area contributed by atoms with Gasteiger partial charge in [-0.05, 0) is 38.5 Å². The highest BCUT2D eigenvalue weighted by Gasteiger charge is 2.10. The van der Waals surface area contributed by atoms with Crippen molar-refractivity contribution >= 4 is 11.6 Å². The Morgan fingerprint density at radius 1 is 1.40 bits per heavy atom. The molecule has 0 amide bonds. The average Bonchev–Trinajstić information content (AvgIpc) is 2.09. The second-order valence-corrected chi connectivity index (χ2v) is 4.69. The van der Waals surface area contributed by atoms with Gasteiger partial charge in [-0.3, -0.25) is 4.84 Å². The van der Waals surface area contributed by atoms with E-state index in [2.05, 4.69) is 5.48 Å². The van der Waals surface area contributed by atoms with Gasteiger partial charge in [0.15, 0.2) is 0 Å². The third-order valence-corrected chi connectivity index (χ3v) is 1.95.